The molecule has 24 heavy (non-hydrogen) atoms. The minimum absolute atomic E-state index is 0.137. The predicted molar refractivity (Wildman–Crippen MR) is 90.4 cm³/mol. The number of likely N-dealkylation sites (tertiary alicyclic amines) is 1. The van der Waals surface area contributed by atoms with Crippen LogP contribution in [0.2, 0.25) is 0 Å². The van der Waals surface area contributed by atoms with Gasteiger partial charge < -0.3 is 9.47 Å². The molecule has 0 aromatic carbocycles. The van der Waals surface area contributed by atoms with Gasteiger partial charge in [0, 0.05) is 31.9 Å². The van der Waals surface area contributed by atoms with Crippen molar-refractivity contribution in [1.29, 1.82) is 0 Å². The Labute approximate surface area is 142 Å². The van der Waals surface area contributed by atoms with Crippen LogP contribution in [0.25, 0.3) is 0 Å². The second kappa shape index (κ2) is 7.15. The summed E-state index contributed by atoms with van der Waals surface area (Å²) in [6, 6.07) is 0.0170. The zero-order valence-corrected chi connectivity index (χ0v) is 14.7. The molecule has 2 aromatic heterocycles. The minimum Gasteiger partial charge on any atom is -0.339 e. The number of rotatable bonds is 5. The van der Waals surface area contributed by atoms with Crippen LogP contribution in [0, 0.1) is 5.92 Å². The normalized spacial score (nSPS) is 19.7. The number of carbonyl (C=O) groups is 1. The monoisotopic (exact) mass is 330 g/mol. The van der Waals surface area contributed by atoms with Crippen LogP contribution in [-0.4, -0.2) is 48.2 Å². The number of piperidine rings is 1. The second-order valence-electron chi connectivity index (χ2n) is 6.75. The average Bonchev–Trinajstić information content (AvgIpc) is 3.26. The molecule has 2 aromatic rings. The fraction of sp³-hybridized carbons (Fsp3) is 0.647. The van der Waals surface area contributed by atoms with Gasteiger partial charge in [0.25, 0.3) is 0 Å². The third kappa shape index (κ3) is 3.20. The van der Waals surface area contributed by atoms with E-state index in [1.165, 1.54) is 6.33 Å². The molecule has 1 fully saturated rings. The van der Waals surface area contributed by atoms with Crippen LogP contribution in [0.15, 0.2) is 25.0 Å². The van der Waals surface area contributed by atoms with E-state index < -0.39 is 0 Å². The maximum atomic E-state index is 13.1. The summed E-state index contributed by atoms with van der Waals surface area (Å²) >= 11 is 0. The summed E-state index contributed by atoms with van der Waals surface area (Å²) in [6.07, 6.45) is 10.0. The summed E-state index contributed by atoms with van der Waals surface area (Å²) in [6.45, 7) is 7.76. The highest BCUT2D eigenvalue weighted by atomic mass is 16.2. The molecular formula is C17H26N6O. The van der Waals surface area contributed by atoms with Crippen molar-refractivity contribution >= 4 is 5.91 Å². The Hall–Kier alpha value is -2.18. The molecule has 0 unspecified atom stereocenters. The molecule has 3 heterocycles. The van der Waals surface area contributed by atoms with Crippen molar-refractivity contribution in [1.82, 2.24) is 29.2 Å². The molecule has 1 aliphatic heterocycles. The zero-order valence-electron chi connectivity index (χ0n) is 14.7. The fourth-order valence-corrected chi connectivity index (χ4v) is 3.58. The van der Waals surface area contributed by atoms with Crippen molar-refractivity contribution in [3.8, 4) is 0 Å². The van der Waals surface area contributed by atoms with Gasteiger partial charge in [-0.05, 0) is 18.8 Å². The topological polar surface area (TPSA) is 68.8 Å². The number of imidazole rings is 1. The largest absolute Gasteiger partial charge is 0.339 e. The molecule has 1 aliphatic rings. The lowest BCUT2D eigenvalue weighted by molar-refractivity contribution is -0.138. The zero-order chi connectivity index (χ0) is 17.1. The lowest BCUT2D eigenvalue weighted by Gasteiger charge is -2.36. The lowest BCUT2D eigenvalue weighted by atomic mass is 9.99. The first kappa shape index (κ1) is 16.7. The lowest BCUT2D eigenvalue weighted by Crippen LogP contribution is -2.45. The number of aromatic nitrogens is 5. The number of carbonyl (C=O) groups excluding carboxylic acids is 1. The maximum Gasteiger partial charge on any atom is 0.247 e. The Kier molecular flexibility index (Phi) is 4.97. The quantitative estimate of drug-likeness (QED) is 0.842. The number of nitrogens with zero attached hydrogens (tertiary/aromatic N) is 6. The number of hydrogen-bond acceptors (Lipinski definition) is 4. The van der Waals surface area contributed by atoms with Crippen molar-refractivity contribution in [3.63, 3.8) is 0 Å². The Morgan fingerprint density at radius 2 is 2.25 bits per heavy atom. The highest BCUT2D eigenvalue weighted by Crippen LogP contribution is 2.27. The van der Waals surface area contributed by atoms with Crippen LogP contribution in [0.5, 0.6) is 0 Å². The van der Waals surface area contributed by atoms with Gasteiger partial charge in [0.1, 0.15) is 24.5 Å². The molecular weight excluding hydrogens is 304 g/mol. The van der Waals surface area contributed by atoms with Gasteiger partial charge in [-0.15, -0.1) is 0 Å². The summed E-state index contributed by atoms with van der Waals surface area (Å²) in [5.41, 5.74) is 0. The average molecular weight is 330 g/mol. The summed E-state index contributed by atoms with van der Waals surface area (Å²) in [5, 5.41) is 4.19. The first-order chi connectivity index (χ1) is 11.6. The van der Waals surface area contributed by atoms with Crippen molar-refractivity contribution in [3.05, 3.63) is 30.9 Å². The molecule has 0 aliphatic carbocycles. The standard InChI is InChI=1S/C17H26N6O/c1-4-15-19-7-9-22(15)14-6-5-8-21(10-14)17(24)16(13(2)3)23-12-18-11-20-23/h7,9,11-14,16H,4-6,8,10H2,1-3H3/t14-,16-/m0/s1. The van der Waals surface area contributed by atoms with Crippen LogP contribution in [0.4, 0.5) is 0 Å². The summed E-state index contributed by atoms with van der Waals surface area (Å²) in [5.74, 6) is 1.39. The molecule has 0 N–H and O–H groups in total. The molecule has 1 saturated heterocycles. The number of hydrogen-bond donors (Lipinski definition) is 0. The van der Waals surface area contributed by atoms with Gasteiger partial charge in [0.2, 0.25) is 5.91 Å². The van der Waals surface area contributed by atoms with E-state index in [1.54, 1.807) is 11.0 Å². The van der Waals surface area contributed by atoms with Crippen LogP contribution < -0.4 is 0 Å². The van der Waals surface area contributed by atoms with E-state index in [0.29, 0.717) is 6.04 Å². The predicted octanol–water partition coefficient (Wildman–Crippen LogP) is 2.10. The van der Waals surface area contributed by atoms with Crippen molar-refractivity contribution < 1.29 is 4.79 Å². The van der Waals surface area contributed by atoms with Crippen molar-refractivity contribution in [2.45, 2.75) is 52.1 Å². The number of amides is 1. The van der Waals surface area contributed by atoms with E-state index in [2.05, 4.69) is 40.4 Å². The van der Waals surface area contributed by atoms with Crippen LogP contribution in [0.3, 0.4) is 0 Å². The van der Waals surface area contributed by atoms with Crippen LogP contribution >= 0.6 is 0 Å². The van der Waals surface area contributed by atoms with Crippen LogP contribution in [0.1, 0.15) is 51.5 Å². The smallest absolute Gasteiger partial charge is 0.247 e. The molecule has 130 valence electrons. The molecule has 7 nitrogen and oxygen atoms in total. The molecule has 0 spiro atoms. The first-order valence-corrected chi connectivity index (χ1v) is 8.76. The van der Waals surface area contributed by atoms with Gasteiger partial charge in [-0.2, -0.15) is 5.10 Å². The molecule has 0 radical (unpaired) electrons. The second-order valence-corrected chi connectivity index (χ2v) is 6.75. The summed E-state index contributed by atoms with van der Waals surface area (Å²) in [4.78, 5) is 23.5. The van der Waals surface area contributed by atoms with Gasteiger partial charge in [-0.1, -0.05) is 20.8 Å². The SMILES string of the molecule is CCc1nccn1[C@H]1CCCN(C(=O)[C@H](C(C)C)n2cncn2)C1. The molecule has 1 amide bonds. The summed E-state index contributed by atoms with van der Waals surface area (Å²) in [7, 11) is 0. The van der Waals surface area contributed by atoms with E-state index >= 15 is 0 Å². The van der Waals surface area contributed by atoms with Gasteiger partial charge in [0.15, 0.2) is 0 Å². The highest BCUT2D eigenvalue weighted by molar-refractivity contribution is 5.80. The number of aryl methyl sites for hydroxylation is 1. The molecule has 7 heteroatoms. The van der Waals surface area contributed by atoms with Crippen LogP contribution in [-0.2, 0) is 11.2 Å². The van der Waals surface area contributed by atoms with E-state index in [-0.39, 0.29) is 17.9 Å². The maximum absolute atomic E-state index is 13.1. The van der Waals surface area contributed by atoms with E-state index in [1.807, 2.05) is 17.3 Å². The van der Waals surface area contributed by atoms with E-state index in [4.69, 9.17) is 0 Å². The van der Waals surface area contributed by atoms with Crippen molar-refractivity contribution in [2.75, 3.05) is 13.1 Å². The van der Waals surface area contributed by atoms with Gasteiger partial charge in [-0.25, -0.2) is 14.6 Å². The van der Waals surface area contributed by atoms with Crippen molar-refractivity contribution in [2.24, 2.45) is 5.92 Å². The Balaban J connectivity index is 1.77. The molecule has 2 atom stereocenters. The van der Waals surface area contributed by atoms with Gasteiger partial charge >= 0.3 is 0 Å². The Morgan fingerprint density at radius 1 is 1.42 bits per heavy atom. The third-order valence-corrected chi connectivity index (χ3v) is 4.77. The highest BCUT2D eigenvalue weighted by Gasteiger charge is 2.33. The third-order valence-electron chi connectivity index (χ3n) is 4.77. The minimum atomic E-state index is -0.292. The van der Waals surface area contributed by atoms with Gasteiger partial charge in [-0.3, -0.25) is 4.79 Å². The molecule has 0 saturated carbocycles. The summed E-state index contributed by atoms with van der Waals surface area (Å²) < 4.78 is 3.92. The van der Waals surface area contributed by atoms with Gasteiger partial charge in [0.05, 0.1) is 6.04 Å². The van der Waals surface area contributed by atoms with E-state index in [0.717, 1.165) is 38.2 Å². The Morgan fingerprint density at radius 3 is 2.92 bits per heavy atom. The fourth-order valence-electron chi connectivity index (χ4n) is 3.58. The first-order valence-electron chi connectivity index (χ1n) is 8.76. The molecule has 0 bridgehead atoms. The molecule has 3 rings (SSSR count). The Bertz CT molecular complexity index is 662. The van der Waals surface area contributed by atoms with E-state index in [9.17, 15) is 4.79 Å².